The zero-order valence-electron chi connectivity index (χ0n) is 9.16. The Kier molecular flexibility index (Phi) is 4.62. The highest BCUT2D eigenvalue weighted by Gasteiger charge is 2.08. The van der Waals surface area contributed by atoms with Crippen molar-refractivity contribution in [2.24, 2.45) is 0 Å². The number of hydrogen-bond acceptors (Lipinski definition) is 2. The number of halogens is 1. The van der Waals surface area contributed by atoms with Crippen molar-refractivity contribution in [3.63, 3.8) is 0 Å². The van der Waals surface area contributed by atoms with Crippen LogP contribution in [-0.2, 0) is 17.6 Å². The van der Waals surface area contributed by atoms with Crippen LogP contribution >= 0.6 is 11.6 Å². The van der Waals surface area contributed by atoms with Crippen LogP contribution in [0.3, 0.4) is 0 Å². The van der Waals surface area contributed by atoms with E-state index in [4.69, 9.17) is 16.7 Å². The molecular weight excluding hydrogens is 228 g/mol. The Morgan fingerprint density at radius 3 is 2.69 bits per heavy atom. The number of carbonyl (C=O) groups is 1. The van der Waals surface area contributed by atoms with Crippen molar-refractivity contribution in [2.45, 2.75) is 32.6 Å². The van der Waals surface area contributed by atoms with Gasteiger partial charge in [0.05, 0.1) is 5.02 Å². The van der Waals surface area contributed by atoms with Gasteiger partial charge in [0.15, 0.2) is 0 Å². The topological polar surface area (TPSA) is 57.5 Å². The average molecular weight is 243 g/mol. The highest BCUT2D eigenvalue weighted by atomic mass is 35.5. The van der Waals surface area contributed by atoms with E-state index in [0.29, 0.717) is 17.9 Å². The minimum atomic E-state index is -0.822. The first-order valence-corrected chi connectivity index (χ1v) is 5.64. The van der Waals surface area contributed by atoms with Crippen LogP contribution in [0.4, 0.5) is 0 Å². The Morgan fingerprint density at radius 1 is 1.44 bits per heavy atom. The van der Waals surface area contributed by atoms with Gasteiger partial charge >= 0.3 is 5.97 Å². The van der Waals surface area contributed by atoms with Gasteiger partial charge in [0.2, 0.25) is 0 Å². The van der Waals surface area contributed by atoms with Crippen molar-refractivity contribution in [3.05, 3.63) is 28.3 Å². The lowest BCUT2D eigenvalue weighted by Gasteiger charge is -2.08. The molecule has 0 saturated heterocycles. The van der Waals surface area contributed by atoms with E-state index in [0.717, 1.165) is 17.5 Å². The second kappa shape index (κ2) is 5.75. The van der Waals surface area contributed by atoms with E-state index < -0.39 is 5.97 Å². The van der Waals surface area contributed by atoms with Gasteiger partial charge in [-0.1, -0.05) is 24.6 Å². The first-order valence-electron chi connectivity index (χ1n) is 5.26. The molecule has 0 aromatic heterocycles. The predicted octanol–water partition coefficient (Wildman–Crippen LogP) is 3.02. The van der Waals surface area contributed by atoms with Gasteiger partial charge in [-0.2, -0.15) is 0 Å². The van der Waals surface area contributed by atoms with Crippen molar-refractivity contribution in [1.29, 1.82) is 0 Å². The second-order valence-electron chi connectivity index (χ2n) is 3.69. The largest absolute Gasteiger partial charge is 0.506 e. The molecule has 0 unspecified atom stereocenters. The first kappa shape index (κ1) is 12.8. The maximum atomic E-state index is 10.4. The molecule has 0 spiro atoms. The fourth-order valence-electron chi connectivity index (χ4n) is 1.54. The van der Waals surface area contributed by atoms with E-state index >= 15 is 0 Å². The summed E-state index contributed by atoms with van der Waals surface area (Å²) in [5, 5.41) is 18.6. The van der Waals surface area contributed by atoms with Gasteiger partial charge in [-0.05, 0) is 36.5 Å². The molecule has 0 aliphatic rings. The number of phenols is 1. The molecule has 0 saturated carbocycles. The molecular formula is C12H15ClO3. The summed E-state index contributed by atoms with van der Waals surface area (Å²) >= 11 is 5.87. The molecule has 0 atom stereocenters. The van der Waals surface area contributed by atoms with E-state index in [1.165, 1.54) is 0 Å². The molecule has 4 heteroatoms. The summed E-state index contributed by atoms with van der Waals surface area (Å²) in [6.07, 6.45) is 1.98. The predicted molar refractivity (Wildman–Crippen MR) is 63.1 cm³/mol. The molecule has 0 aliphatic heterocycles. The van der Waals surface area contributed by atoms with E-state index in [1.54, 1.807) is 6.07 Å². The van der Waals surface area contributed by atoms with E-state index in [9.17, 15) is 9.90 Å². The third-order valence-corrected chi connectivity index (χ3v) is 2.74. The van der Waals surface area contributed by atoms with Crippen molar-refractivity contribution in [2.75, 3.05) is 0 Å². The molecule has 0 aliphatic carbocycles. The Labute approximate surface area is 99.7 Å². The zero-order chi connectivity index (χ0) is 12.1. The van der Waals surface area contributed by atoms with Gasteiger partial charge in [0.25, 0.3) is 0 Å². The highest BCUT2D eigenvalue weighted by molar-refractivity contribution is 6.32. The number of rotatable bonds is 5. The van der Waals surface area contributed by atoms with E-state index in [2.05, 4.69) is 0 Å². The van der Waals surface area contributed by atoms with Crippen LogP contribution in [0.5, 0.6) is 5.75 Å². The molecule has 1 aromatic carbocycles. The quantitative estimate of drug-likeness (QED) is 0.835. The number of carboxylic acids is 1. The van der Waals surface area contributed by atoms with Gasteiger partial charge in [0.1, 0.15) is 5.75 Å². The van der Waals surface area contributed by atoms with Gasteiger partial charge in [-0.3, -0.25) is 4.79 Å². The molecule has 0 heterocycles. The zero-order valence-corrected chi connectivity index (χ0v) is 9.92. The summed E-state index contributed by atoms with van der Waals surface area (Å²) in [6.45, 7) is 2.00. The number of benzene rings is 1. The SMILES string of the molecule is CCc1cc(Cl)c(O)c(CCCC(=O)O)c1. The molecule has 0 amide bonds. The summed E-state index contributed by atoms with van der Waals surface area (Å²) in [5.41, 5.74) is 1.78. The van der Waals surface area contributed by atoms with Crippen LogP contribution in [0, 0.1) is 0 Å². The first-order chi connectivity index (χ1) is 7.54. The molecule has 1 aromatic rings. The number of phenolic OH excluding ortho intramolecular Hbond substituents is 1. The number of aryl methyl sites for hydroxylation is 2. The number of aromatic hydroxyl groups is 1. The molecule has 0 bridgehead atoms. The molecule has 2 N–H and O–H groups in total. The fourth-order valence-corrected chi connectivity index (χ4v) is 1.80. The molecule has 88 valence electrons. The summed E-state index contributed by atoms with van der Waals surface area (Å²) in [6, 6.07) is 3.61. The van der Waals surface area contributed by atoms with E-state index in [1.807, 2.05) is 13.0 Å². The Balaban J connectivity index is 2.78. The van der Waals surface area contributed by atoms with E-state index in [-0.39, 0.29) is 12.2 Å². The number of carboxylic acid groups (broad SMARTS) is 1. The van der Waals surface area contributed by atoms with Crippen LogP contribution in [0.2, 0.25) is 5.02 Å². The normalized spacial score (nSPS) is 10.4. The van der Waals surface area contributed by atoms with Gasteiger partial charge in [-0.25, -0.2) is 0 Å². The van der Waals surface area contributed by atoms with Gasteiger partial charge in [-0.15, -0.1) is 0 Å². The van der Waals surface area contributed by atoms with Crippen molar-refractivity contribution in [3.8, 4) is 5.75 Å². The third-order valence-electron chi connectivity index (χ3n) is 2.45. The number of aliphatic carboxylic acids is 1. The summed E-state index contributed by atoms with van der Waals surface area (Å²) in [5.74, 6) is -0.749. The van der Waals surface area contributed by atoms with Crippen LogP contribution in [0.15, 0.2) is 12.1 Å². The van der Waals surface area contributed by atoms with Gasteiger partial charge < -0.3 is 10.2 Å². The van der Waals surface area contributed by atoms with Crippen molar-refractivity contribution < 1.29 is 15.0 Å². The molecule has 3 nitrogen and oxygen atoms in total. The van der Waals surface area contributed by atoms with Crippen LogP contribution in [0.25, 0.3) is 0 Å². The monoisotopic (exact) mass is 242 g/mol. The molecule has 0 radical (unpaired) electrons. The Bertz CT molecular complexity index is 388. The van der Waals surface area contributed by atoms with Crippen LogP contribution in [0.1, 0.15) is 30.9 Å². The molecule has 0 fully saturated rings. The Morgan fingerprint density at radius 2 is 2.12 bits per heavy atom. The van der Waals surface area contributed by atoms with Gasteiger partial charge in [0, 0.05) is 6.42 Å². The van der Waals surface area contributed by atoms with Crippen LogP contribution < -0.4 is 0 Å². The minimum Gasteiger partial charge on any atom is -0.506 e. The maximum Gasteiger partial charge on any atom is 0.303 e. The van der Waals surface area contributed by atoms with Crippen molar-refractivity contribution in [1.82, 2.24) is 0 Å². The maximum absolute atomic E-state index is 10.4. The van der Waals surface area contributed by atoms with Crippen molar-refractivity contribution >= 4 is 17.6 Å². The minimum absolute atomic E-state index is 0.0734. The Hall–Kier alpha value is -1.22. The summed E-state index contributed by atoms with van der Waals surface area (Å²) in [7, 11) is 0. The van der Waals surface area contributed by atoms with Crippen LogP contribution in [-0.4, -0.2) is 16.2 Å². The lowest BCUT2D eigenvalue weighted by atomic mass is 10.0. The highest BCUT2D eigenvalue weighted by Crippen LogP contribution is 2.30. The third kappa shape index (κ3) is 3.42. The summed E-state index contributed by atoms with van der Waals surface area (Å²) < 4.78 is 0. The molecule has 16 heavy (non-hydrogen) atoms. The summed E-state index contributed by atoms with van der Waals surface area (Å²) in [4.78, 5) is 10.4. The lowest BCUT2D eigenvalue weighted by Crippen LogP contribution is -1.97. The second-order valence-corrected chi connectivity index (χ2v) is 4.09. The lowest BCUT2D eigenvalue weighted by molar-refractivity contribution is -0.137. The fraction of sp³-hybridized carbons (Fsp3) is 0.417. The smallest absolute Gasteiger partial charge is 0.303 e. The standard InChI is InChI=1S/C12H15ClO3/c1-2-8-6-9(4-3-5-11(14)15)12(16)10(13)7-8/h6-7,16H,2-5H2,1H3,(H,14,15). The average Bonchev–Trinajstić information content (AvgIpc) is 2.23. The molecule has 1 rings (SSSR count). The number of hydrogen-bond donors (Lipinski definition) is 2.